The van der Waals surface area contributed by atoms with E-state index in [1.54, 1.807) is 35.4 Å². The molecule has 1 saturated heterocycles. The number of carbonyl (C=O) groups is 2. The second kappa shape index (κ2) is 11.2. The lowest BCUT2D eigenvalue weighted by atomic mass is 10.2. The molecule has 9 heteroatoms. The molecule has 1 aliphatic rings. The Morgan fingerprint density at radius 2 is 1.56 bits per heavy atom. The van der Waals surface area contributed by atoms with Crippen molar-refractivity contribution in [1.82, 2.24) is 14.8 Å². The molecule has 1 aromatic heterocycles. The van der Waals surface area contributed by atoms with E-state index in [-0.39, 0.29) is 30.0 Å². The van der Waals surface area contributed by atoms with Crippen molar-refractivity contribution in [3.05, 3.63) is 89.6 Å². The molecule has 1 aliphatic heterocycles. The van der Waals surface area contributed by atoms with Crippen molar-refractivity contribution in [2.24, 2.45) is 0 Å². The Morgan fingerprint density at radius 3 is 2.24 bits per heavy atom. The number of piperazine rings is 1. The summed E-state index contributed by atoms with van der Waals surface area (Å²) in [7, 11) is 0. The zero-order valence-corrected chi connectivity index (χ0v) is 19.2. The van der Waals surface area contributed by atoms with Crippen LogP contribution >= 0.6 is 11.8 Å². The number of carbonyl (C=O) groups excluding carboxylic acids is 2. The quantitative estimate of drug-likeness (QED) is 0.515. The summed E-state index contributed by atoms with van der Waals surface area (Å²) in [5.41, 5.74) is 2.03. The van der Waals surface area contributed by atoms with E-state index in [0.29, 0.717) is 48.2 Å². The minimum atomic E-state index is -0.357. The van der Waals surface area contributed by atoms with Crippen molar-refractivity contribution >= 4 is 29.3 Å². The second-order valence-corrected chi connectivity index (χ2v) is 8.86. The summed E-state index contributed by atoms with van der Waals surface area (Å²) < 4.78 is 26.1. The third-order valence-electron chi connectivity index (χ3n) is 5.45. The van der Waals surface area contributed by atoms with Crippen LogP contribution in [0, 0.1) is 11.6 Å². The number of halogens is 2. The Labute approximate surface area is 201 Å². The van der Waals surface area contributed by atoms with E-state index in [1.807, 2.05) is 4.90 Å². The smallest absolute Gasteiger partial charge is 0.256 e. The normalized spacial score (nSPS) is 14.1. The van der Waals surface area contributed by atoms with Gasteiger partial charge in [0.2, 0.25) is 5.91 Å². The van der Waals surface area contributed by atoms with Crippen LogP contribution in [0.1, 0.15) is 15.9 Å². The molecule has 176 valence electrons. The van der Waals surface area contributed by atoms with Crippen LogP contribution in [-0.4, -0.2) is 59.3 Å². The van der Waals surface area contributed by atoms with Gasteiger partial charge in [-0.1, -0.05) is 12.1 Å². The highest BCUT2D eigenvalue weighted by atomic mass is 32.2. The fourth-order valence-electron chi connectivity index (χ4n) is 3.62. The molecule has 2 aromatic carbocycles. The summed E-state index contributed by atoms with van der Waals surface area (Å²) in [4.78, 5) is 33.6. The number of aromatic nitrogens is 1. The van der Waals surface area contributed by atoms with Gasteiger partial charge in [-0.05, 0) is 54.1 Å². The molecule has 0 atom stereocenters. The lowest BCUT2D eigenvalue weighted by molar-refractivity contribution is -0.117. The zero-order valence-electron chi connectivity index (χ0n) is 18.4. The Balaban J connectivity index is 1.29. The molecule has 1 N–H and O–H groups in total. The molecule has 0 aliphatic carbocycles. The number of pyridine rings is 1. The van der Waals surface area contributed by atoms with Gasteiger partial charge in [-0.2, -0.15) is 0 Å². The van der Waals surface area contributed by atoms with Crippen molar-refractivity contribution in [1.29, 1.82) is 0 Å². The van der Waals surface area contributed by atoms with Gasteiger partial charge in [-0.25, -0.2) is 13.8 Å². The highest BCUT2D eigenvalue weighted by molar-refractivity contribution is 7.98. The first-order chi connectivity index (χ1) is 16.5. The van der Waals surface area contributed by atoms with Gasteiger partial charge in [0.05, 0.1) is 12.1 Å². The van der Waals surface area contributed by atoms with Gasteiger partial charge >= 0.3 is 0 Å². The summed E-state index contributed by atoms with van der Waals surface area (Å²) in [6, 6.07) is 15.4. The van der Waals surface area contributed by atoms with Gasteiger partial charge in [-0.3, -0.25) is 14.5 Å². The average molecular weight is 483 g/mol. The van der Waals surface area contributed by atoms with Crippen molar-refractivity contribution in [3.63, 3.8) is 0 Å². The van der Waals surface area contributed by atoms with Gasteiger partial charge in [0, 0.05) is 43.8 Å². The van der Waals surface area contributed by atoms with Crippen molar-refractivity contribution in [2.75, 3.05) is 38.0 Å². The van der Waals surface area contributed by atoms with E-state index in [2.05, 4.69) is 10.3 Å². The minimum absolute atomic E-state index is 0.0925. The standard InChI is InChI=1S/C25H24F2N4O2S/c26-19-5-3-18(4-6-19)17-34-24-22(2-1-11-28-24)25(33)31-14-12-30(13-15-31)16-23(32)29-21-9-7-20(27)8-10-21/h1-11H,12-17H2,(H,29,32). The minimum Gasteiger partial charge on any atom is -0.336 e. The third-order valence-corrected chi connectivity index (χ3v) is 6.52. The Bertz CT molecular complexity index is 1130. The number of hydrogen-bond acceptors (Lipinski definition) is 5. The van der Waals surface area contributed by atoms with E-state index in [0.717, 1.165) is 5.56 Å². The number of thioether (sulfide) groups is 1. The van der Waals surface area contributed by atoms with Crippen LogP contribution in [0.15, 0.2) is 71.9 Å². The van der Waals surface area contributed by atoms with Crippen LogP contribution in [-0.2, 0) is 10.5 Å². The van der Waals surface area contributed by atoms with Gasteiger partial charge in [0.15, 0.2) is 0 Å². The number of amides is 2. The highest BCUT2D eigenvalue weighted by Gasteiger charge is 2.25. The van der Waals surface area contributed by atoms with E-state index >= 15 is 0 Å². The van der Waals surface area contributed by atoms with Crippen molar-refractivity contribution in [2.45, 2.75) is 10.8 Å². The van der Waals surface area contributed by atoms with Crippen molar-refractivity contribution in [3.8, 4) is 0 Å². The molecular weight excluding hydrogens is 458 g/mol. The van der Waals surface area contributed by atoms with Crippen LogP contribution in [0.4, 0.5) is 14.5 Å². The summed E-state index contributed by atoms with van der Waals surface area (Å²) in [5.74, 6) is -0.337. The van der Waals surface area contributed by atoms with Crippen LogP contribution < -0.4 is 5.32 Å². The maximum Gasteiger partial charge on any atom is 0.256 e. The molecule has 6 nitrogen and oxygen atoms in total. The molecular formula is C25H24F2N4O2S. The van der Waals surface area contributed by atoms with Crippen LogP contribution in [0.2, 0.25) is 0 Å². The van der Waals surface area contributed by atoms with Crippen LogP contribution in [0.3, 0.4) is 0 Å². The average Bonchev–Trinajstić information content (AvgIpc) is 2.85. The summed E-state index contributed by atoms with van der Waals surface area (Å²) in [6.07, 6.45) is 1.65. The summed E-state index contributed by atoms with van der Waals surface area (Å²) in [5, 5.41) is 3.39. The lowest BCUT2D eigenvalue weighted by Crippen LogP contribution is -2.50. The molecule has 0 radical (unpaired) electrons. The van der Waals surface area contributed by atoms with Gasteiger partial charge in [0.1, 0.15) is 16.7 Å². The molecule has 1 fully saturated rings. The number of hydrogen-bond donors (Lipinski definition) is 1. The maximum atomic E-state index is 13.2. The molecule has 34 heavy (non-hydrogen) atoms. The van der Waals surface area contributed by atoms with Crippen LogP contribution in [0.25, 0.3) is 0 Å². The zero-order chi connectivity index (χ0) is 23.9. The molecule has 2 amide bonds. The molecule has 0 spiro atoms. The predicted molar refractivity (Wildman–Crippen MR) is 128 cm³/mol. The van der Waals surface area contributed by atoms with Gasteiger partial charge in [-0.15, -0.1) is 11.8 Å². The van der Waals surface area contributed by atoms with Crippen LogP contribution in [0.5, 0.6) is 0 Å². The van der Waals surface area contributed by atoms with E-state index in [4.69, 9.17) is 0 Å². The van der Waals surface area contributed by atoms with E-state index in [1.165, 1.54) is 48.2 Å². The predicted octanol–water partition coefficient (Wildman–Crippen LogP) is 4.05. The lowest BCUT2D eigenvalue weighted by Gasteiger charge is -2.34. The Kier molecular flexibility index (Phi) is 7.87. The summed E-state index contributed by atoms with van der Waals surface area (Å²) >= 11 is 1.44. The number of nitrogens with zero attached hydrogens (tertiary/aromatic N) is 3. The maximum absolute atomic E-state index is 13.2. The second-order valence-electron chi connectivity index (χ2n) is 7.89. The third kappa shape index (κ3) is 6.39. The molecule has 4 rings (SSSR count). The molecule has 0 bridgehead atoms. The fraction of sp³-hybridized carbons (Fsp3) is 0.240. The molecule has 2 heterocycles. The van der Waals surface area contributed by atoms with Gasteiger partial charge in [0.25, 0.3) is 5.91 Å². The Morgan fingerprint density at radius 1 is 0.912 bits per heavy atom. The Hall–Kier alpha value is -3.30. The SMILES string of the molecule is O=C(CN1CCN(C(=O)c2cccnc2SCc2ccc(F)cc2)CC1)Nc1ccc(F)cc1. The monoisotopic (exact) mass is 482 g/mol. The molecule has 0 saturated carbocycles. The summed E-state index contributed by atoms with van der Waals surface area (Å²) in [6.45, 7) is 2.34. The van der Waals surface area contributed by atoms with E-state index in [9.17, 15) is 18.4 Å². The first-order valence-corrected chi connectivity index (χ1v) is 11.9. The fourth-order valence-corrected chi connectivity index (χ4v) is 4.56. The molecule has 0 unspecified atom stereocenters. The van der Waals surface area contributed by atoms with Gasteiger partial charge < -0.3 is 10.2 Å². The first kappa shape index (κ1) is 23.8. The first-order valence-electron chi connectivity index (χ1n) is 10.9. The number of nitrogens with one attached hydrogen (secondary N) is 1. The van der Waals surface area contributed by atoms with Crippen molar-refractivity contribution < 1.29 is 18.4 Å². The largest absolute Gasteiger partial charge is 0.336 e. The van der Waals surface area contributed by atoms with E-state index < -0.39 is 0 Å². The molecule has 3 aromatic rings. The number of benzene rings is 2. The number of rotatable bonds is 7. The highest BCUT2D eigenvalue weighted by Crippen LogP contribution is 2.25. The topological polar surface area (TPSA) is 65.5 Å². The number of anilines is 1.